The van der Waals surface area contributed by atoms with E-state index in [-0.39, 0.29) is 11.8 Å². The van der Waals surface area contributed by atoms with Gasteiger partial charge in [0.05, 0.1) is 42.4 Å². The maximum Gasteiger partial charge on any atom is 0.258 e. The molecule has 2 amide bonds. The number of hydrogen-bond acceptors (Lipinski definition) is 5. The molecule has 0 atom stereocenters. The summed E-state index contributed by atoms with van der Waals surface area (Å²) in [6, 6.07) is 7.44. The SMILES string of the molecule is Cc1scc2c1N(C(=O)CN1CCOCC1)c1ccccc1NC2=O. The number of thiophene rings is 1. The molecule has 1 aromatic carbocycles. The van der Waals surface area contributed by atoms with E-state index in [9.17, 15) is 9.59 Å². The minimum absolute atomic E-state index is 0.0337. The lowest BCUT2D eigenvalue weighted by atomic mass is 10.2. The van der Waals surface area contributed by atoms with Gasteiger partial charge in [-0.05, 0) is 19.1 Å². The van der Waals surface area contributed by atoms with Crippen molar-refractivity contribution in [2.75, 3.05) is 43.1 Å². The summed E-state index contributed by atoms with van der Waals surface area (Å²) in [5.41, 5.74) is 2.62. The topological polar surface area (TPSA) is 61.9 Å². The van der Waals surface area contributed by atoms with Crippen LogP contribution in [0.25, 0.3) is 0 Å². The van der Waals surface area contributed by atoms with Crippen molar-refractivity contribution in [1.82, 2.24) is 4.90 Å². The van der Waals surface area contributed by atoms with Gasteiger partial charge in [0.1, 0.15) is 0 Å². The van der Waals surface area contributed by atoms with Gasteiger partial charge >= 0.3 is 0 Å². The minimum atomic E-state index is -0.173. The molecule has 25 heavy (non-hydrogen) atoms. The smallest absolute Gasteiger partial charge is 0.258 e. The van der Waals surface area contributed by atoms with E-state index in [2.05, 4.69) is 10.2 Å². The van der Waals surface area contributed by atoms with Crippen molar-refractivity contribution >= 4 is 40.2 Å². The third-order valence-electron chi connectivity index (χ3n) is 4.52. The van der Waals surface area contributed by atoms with E-state index in [1.807, 2.05) is 36.6 Å². The van der Waals surface area contributed by atoms with Gasteiger partial charge in [0.2, 0.25) is 5.91 Å². The first-order chi connectivity index (χ1) is 12.1. The molecule has 7 heteroatoms. The predicted octanol–water partition coefficient (Wildman–Crippen LogP) is 2.62. The highest BCUT2D eigenvalue weighted by molar-refractivity contribution is 7.11. The van der Waals surface area contributed by atoms with Crippen LogP contribution in [-0.2, 0) is 9.53 Å². The summed E-state index contributed by atoms with van der Waals surface area (Å²) in [6.07, 6.45) is 0. The average Bonchev–Trinajstić information content (AvgIpc) is 2.93. The number of aryl methyl sites for hydroxylation is 1. The van der Waals surface area contributed by atoms with Crippen LogP contribution in [0.1, 0.15) is 15.2 Å². The van der Waals surface area contributed by atoms with Gasteiger partial charge < -0.3 is 10.1 Å². The average molecular weight is 357 g/mol. The van der Waals surface area contributed by atoms with Crippen LogP contribution in [0.5, 0.6) is 0 Å². The normalized spacial score (nSPS) is 17.5. The van der Waals surface area contributed by atoms with Crippen LogP contribution in [0.3, 0.4) is 0 Å². The zero-order chi connectivity index (χ0) is 17.4. The Morgan fingerprint density at radius 1 is 1.28 bits per heavy atom. The number of fused-ring (bicyclic) bond motifs is 2. The van der Waals surface area contributed by atoms with Crippen LogP contribution in [0.2, 0.25) is 0 Å². The molecule has 0 saturated carbocycles. The first kappa shape index (κ1) is 16.3. The van der Waals surface area contributed by atoms with Crippen molar-refractivity contribution < 1.29 is 14.3 Å². The molecule has 130 valence electrons. The van der Waals surface area contributed by atoms with Crippen molar-refractivity contribution in [3.05, 3.63) is 40.1 Å². The zero-order valence-corrected chi connectivity index (χ0v) is 14.8. The van der Waals surface area contributed by atoms with Crippen molar-refractivity contribution in [2.24, 2.45) is 0 Å². The van der Waals surface area contributed by atoms with Crippen molar-refractivity contribution in [3.63, 3.8) is 0 Å². The van der Waals surface area contributed by atoms with E-state index in [1.54, 1.807) is 4.90 Å². The Balaban J connectivity index is 1.76. The van der Waals surface area contributed by atoms with Crippen molar-refractivity contribution in [1.29, 1.82) is 0 Å². The molecular weight excluding hydrogens is 338 g/mol. The highest BCUT2D eigenvalue weighted by Crippen LogP contribution is 2.42. The summed E-state index contributed by atoms with van der Waals surface area (Å²) in [4.78, 5) is 30.5. The van der Waals surface area contributed by atoms with Gasteiger partial charge in [-0.1, -0.05) is 12.1 Å². The molecule has 0 radical (unpaired) electrons. The molecular formula is C18H19N3O3S. The highest BCUT2D eigenvalue weighted by Gasteiger charge is 2.32. The predicted molar refractivity (Wildman–Crippen MR) is 97.9 cm³/mol. The van der Waals surface area contributed by atoms with E-state index in [0.717, 1.165) is 18.0 Å². The monoisotopic (exact) mass is 357 g/mol. The Morgan fingerprint density at radius 2 is 2.04 bits per heavy atom. The number of morpholine rings is 1. The number of amides is 2. The fourth-order valence-corrected chi connectivity index (χ4v) is 4.08. The van der Waals surface area contributed by atoms with Crippen molar-refractivity contribution in [2.45, 2.75) is 6.92 Å². The lowest BCUT2D eigenvalue weighted by Crippen LogP contribution is -2.43. The van der Waals surface area contributed by atoms with E-state index in [0.29, 0.717) is 42.4 Å². The van der Waals surface area contributed by atoms with Crippen LogP contribution in [0, 0.1) is 6.92 Å². The van der Waals surface area contributed by atoms with Gasteiger partial charge in [0, 0.05) is 23.3 Å². The maximum atomic E-state index is 13.2. The molecule has 0 spiro atoms. The molecule has 3 heterocycles. The summed E-state index contributed by atoms with van der Waals surface area (Å²) < 4.78 is 5.36. The van der Waals surface area contributed by atoms with E-state index >= 15 is 0 Å². The molecule has 0 aliphatic carbocycles. The number of para-hydroxylation sites is 2. The molecule has 1 N–H and O–H groups in total. The van der Waals surface area contributed by atoms with Gasteiger partial charge in [-0.3, -0.25) is 19.4 Å². The van der Waals surface area contributed by atoms with Gasteiger partial charge in [-0.2, -0.15) is 0 Å². The van der Waals surface area contributed by atoms with Gasteiger partial charge in [0.25, 0.3) is 5.91 Å². The summed E-state index contributed by atoms with van der Waals surface area (Å²) in [5.74, 6) is -0.206. The Labute approximate surface area is 150 Å². The Bertz CT molecular complexity index is 827. The van der Waals surface area contributed by atoms with Gasteiger partial charge in [-0.25, -0.2) is 0 Å². The lowest BCUT2D eigenvalue weighted by molar-refractivity contribution is -0.120. The van der Waals surface area contributed by atoms with Gasteiger partial charge in [-0.15, -0.1) is 11.3 Å². The number of hydrogen-bond donors (Lipinski definition) is 1. The fraction of sp³-hybridized carbons (Fsp3) is 0.333. The summed E-state index contributed by atoms with van der Waals surface area (Å²) in [5, 5.41) is 4.74. The standard InChI is InChI=1S/C18H19N3O3S/c1-12-17-13(11-25-12)18(23)19-14-4-2-3-5-15(14)21(17)16(22)10-20-6-8-24-9-7-20/h2-5,11H,6-10H2,1H3,(H,19,23). The molecule has 1 aromatic heterocycles. The quantitative estimate of drug-likeness (QED) is 0.897. The van der Waals surface area contributed by atoms with Crippen LogP contribution in [-0.4, -0.2) is 49.6 Å². The molecule has 2 aliphatic rings. The molecule has 2 aromatic rings. The number of anilines is 3. The number of nitrogens with zero attached hydrogens (tertiary/aromatic N) is 2. The largest absolute Gasteiger partial charge is 0.379 e. The maximum absolute atomic E-state index is 13.2. The fourth-order valence-electron chi connectivity index (χ4n) is 3.25. The number of ether oxygens (including phenoxy) is 1. The molecule has 1 fully saturated rings. The van der Waals surface area contributed by atoms with E-state index < -0.39 is 0 Å². The second kappa shape index (κ2) is 6.59. The van der Waals surface area contributed by atoms with Crippen LogP contribution in [0.15, 0.2) is 29.6 Å². The minimum Gasteiger partial charge on any atom is -0.379 e. The number of carbonyl (C=O) groups excluding carboxylic acids is 2. The lowest BCUT2D eigenvalue weighted by Gasteiger charge is -2.30. The van der Waals surface area contributed by atoms with Crippen LogP contribution >= 0.6 is 11.3 Å². The second-order valence-electron chi connectivity index (χ2n) is 6.14. The van der Waals surface area contributed by atoms with Crippen LogP contribution < -0.4 is 10.2 Å². The van der Waals surface area contributed by atoms with Crippen molar-refractivity contribution in [3.8, 4) is 0 Å². The Hall–Kier alpha value is -2.22. The molecule has 0 bridgehead atoms. The molecule has 1 saturated heterocycles. The number of benzene rings is 1. The third-order valence-corrected chi connectivity index (χ3v) is 5.42. The molecule has 6 nitrogen and oxygen atoms in total. The number of rotatable bonds is 2. The molecule has 4 rings (SSSR count). The summed E-state index contributed by atoms with van der Waals surface area (Å²) in [6.45, 7) is 5.03. The first-order valence-corrected chi connectivity index (χ1v) is 9.14. The molecule has 0 unspecified atom stereocenters. The summed E-state index contributed by atoms with van der Waals surface area (Å²) >= 11 is 1.49. The zero-order valence-electron chi connectivity index (χ0n) is 13.9. The Kier molecular flexibility index (Phi) is 4.29. The number of nitrogens with one attached hydrogen (secondary N) is 1. The third kappa shape index (κ3) is 2.95. The van der Waals surface area contributed by atoms with Gasteiger partial charge in [0.15, 0.2) is 0 Å². The first-order valence-electron chi connectivity index (χ1n) is 8.26. The number of carbonyl (C=O) groups is 2. The highest BCUT2D eigenvalue weighted by atomic mass is 32.1. The van der Waals surface area contributed by atoms with Crippen LogP contribution in [0.4, 0.5) is 17.1 Å². The van der Waals surface area contributed by atoms with E-state index in [4.69, 9.17) is 4.74 Å². The van der Waals surface area contributed by atoms with E-state index in [1.165, 1.54) is 11.3 Å². The second-order valence-corrected chi connectivity index (χ2v) is 7.23. The summed E-state index contributed by atoms with van der Waals surface area (Å²) in [7, 11) is 0. The molecule has 2 aliphatic heterocycles. The Morgan fingerprint density at radius 3 is 2.84 bits per heavy atom.